The third kappa shape index (κ3) is 3.69. The van der Waals surface area contributed by atoms with Crippen molar-refractivity contribution < 1.29 is 0 Å². The van der Waals surface area contributed by atoms with Crippen molar-refractivity contribution in [1.82, 2.24) is 4.90 Å². The highest BCUT2D eigenvalue weighted by molar-refractivity contribution is 5.34. The average Bonchev–Trinajstić information content (AvgIpc) is 2.45. The third-order valence-electron chi connectivity index (χ3n) is 5.27. The quantitative estimate of drug-likeness (QED) is 0.731. The van der Waals surface area contributed by atoms with Crippen molar-refractivity contribution in [3.63, 3.8) is 0 Å². The van der Waals surface area contributed by atoms with Crippen LogP contribution in [-0.2, 0) is 0 Å². The molecule has 118 valence electrons. The summed E-state index contributed by atoms with van der Waals surface area (Å²) in [5.74, 6) is 2.07. The van der Waals surface area contributed by atoms with Gasteiger partial charge in [0.25, 0.3) is 0 Å². The Hall–Kier alpha value is -0.820. The molecule has 1 aromatic rings. The summed E-state index contributed by atoms with van der Waals surface area (Å²) < 4.78 is 0. The van der Waals surface area contributed by atoms with Gasteiger partial charge >= 0.3 is 0 Å². The molecule has 0 N–H and O–H groups in total. The Balaban J connectivity index is 2.40. The number of likely N-dealkylation sites (tertiary alicyclic amines) is 1. The molecule has 21 heavy (non-hydrogen) atoms. The lowest BCUT2D eigenvalue weighted by molar-refractivity contribution is 0.0901. The molecular formula is C20H33N. The second kappa shape index (κ2) is 6.52. The summed E-state index contributed by atoms with van der Waals surface area (Å²) in [5.41, 5.74) is 3.54. The molecule has 1 saturated heterocycles. The van der Waals surface area contributed by atoms with Crippen LogP contribution in [0.25, 0.3) is 0 Å². The predicted octanol–water partition coefficient (Wildman–Crippen LogP) is 5.28. The smallest absolute Gasteiger partial charge is 0.00531 e. The maximum absolute atomic E-state index is 2.63. The molecule has 0 aliphatic carbocycles. The SMILES string of the molecule is CCN1CCC(C(C)(C)C)C(c2ccccc2C(C)C)C1. The molecule has 1 aliphatic heterocycles. The van der Waals surface area contributed by atoms with E-state index in [0.717, 1.165) is 5.92 Å². The highest BCUT2D eigenvalue weighted by Crippen LogP contribution is 2.44. The van der Waals surface area contributed by atoms with Gasteiger partial charge in [-0.15, -0.1) is 0 Å². The molecule has 1 heteroatoms. The first-order chi connectivity index (χ1) is 9.84. The van der Waals surface area contributed by atoms with E-state index in [9.17, 15) is 0 Å². The van der Waals surface area contributed by atoms with Crippen LogP contribution in [-0.4, -0.2) is 24.5 Å². The second-order valence-corrected chi connectivity index (χ2v) is 8.04. The molecule has 0 aromatic heterocycles. The van der Waals surface area contributed by atoms with Crippen LogP contribution >= 0.6 is 0 Å². The van der Waals surface area contributed by atoms with Crippen molar-refractivity contribution in [3.8, 4) is 0 Å². The maximum atomic E-state index is 2.63. The molecule has 0 amide bonds. The summed E-state index contributed by atoms with van der Waals surface area (Å²) >= 11 is 0. The Morgan fingerprint density at radius 1 is 1.19 bits per heavy atom. The summed E-state index contributed by atoms with van der Waals surface area (Å²) in [6.45, 7) is 17.9. The van der Waals surface area contributed by atoms with Gasteiger partial charge in [0.15, 0.2) is 0 Å². The first kappa shape index (κ1) is 16.5. The Bertz CT molecular complexity index is 455. The summed E-state index contributed by atoms with van der Waals surface area (Å²) in [7, 11) is 0. The van der Waals surface area contributed by atoms with E-state index >= 15 is 0 Å². The number of piperidine rings is 1. The molecule has 0 bridgehead atoms. The van der Waals surface area contributed by atoms with E-state index in [-0.39, 0.29) is 0 Å². The number of likely N-dealkylation sites (N-methyl/N-ethyl adjacent to an activating group) is 1. The number of benzene rings is 1. The van der Waals surface area contributed by atoms with Gasteiger partial charge in [0.1, 0.15) is 0 Å². The molecule has 1 fully saturated rings. The molecule has 0 radical (unpaired) electrons. The number of hydrogen-bond donors (Lipinski definition) is 0. The third-order valence-corrected chi connectivity index (χ3v) is 5.27. The molecule has 1 aliphatic rings. The summed E-state index contributed by atoms with van der Waals surface area (Å²) in [6, 6.07) is 9.15. The van der Waals surface area contributed by atoms with Gasteiger partial charge in [0.2, 0.25) is 0 Å². The van der Waals surface area contributed by atoms with E-state index in [1.54, 1.807) is 11.1 Å². The molecule has 2 rings (SSSR count). The van der Waals surface area contributed by atoms with Crippen molar-refractivity contribution in [2.24, 2.45) is 11.3 Å². The van der Waals surface area contributed by atoms with Gasteiger partial charge in [-0.05, 0) is 47.9 Å². The lowest BCUT2D eigenvalue weighted by atomic mass is 9.66. The number of nitrogens with zero attached hydrogens (tertiary/aromatic N) is 1. The minimum atomic E-state index is 0.384. The van der Waals surface area contributed by atoms with Crippen LogP contribution in [0.1, 0.15) is 70.9 Å². The Morgan fingerprint density at radius 2 is 1.86 bits per heavy atom. The van der Waals surface area contributed by atoms with Crippen LogP contribution < -0.4 is 0 Å². The lowest BCUT2D eigenvalue weighted by Gasteiger charge is -2.45. The fourth-order valence-electron chi connectivity index (χ4n) is 4.03. The van der Waals surface area contributed by atoms with E-state index < -0.39 is 0 Å². The van der Waals surface area contributed by atoms with Crippen LogP contribution in [0.4, 0.5) is 0 Å². The minimum absolute atomic E-state index is 0.384. The maximum Gasteiger partial charge on any atom is 0.00531 e. The summed E-state index contributed by atoms with van der Waals surface area (Å²) in [6.07, 6.45) is 1.33. The van der Waals surface area contributed by atoms with Crippen molar-refractivity contribution in [2.45, 2.75) is 59.8 Å². The van der Waals surface area contributed by atoms with E-state index in [2.05, 4.69) is 70.7 Å². The molecule has 0 spiro atoms. The molecule has 2 atom stereocenters. The molecule has 1 heterocycles. The second-order valence-electron chi connectivity index (χ2n) is 8.04. The normalized spacial score (nSPS) is 24.5. The summed E-state index contributed by atoms with van der Waals surface area (Å²) in [4.78, 5) is 2.63. The predicted molar refractivity (Wildman–Crippen MR) is 92.9 cm³/mol. The lowest BCUT2D eigenvalue weighted by Crippen LogP contribution is -2.43. The minimum Gasteiger partial charge on any atom is -0.303 e. The fourth-order valence-corrected chi connectivity index (χ4v) is 4.03. The van der Waals surface area contributed by atoms with E-state index in [1.165, 1.54) is 26.1 Å². The number of rotatable bonds is 3. The van der Waals surface area contributed by atoms with Gasteiger partial charge in [0.05, 0.1) is 0 Å². The highest BCUT2D eigenvalue weighted by atomic mass is 15.1. The van der Waals surface area contributed by atoms with Crippen LogP contribution in [0.2, 0.25) is 0 Å². The zero-order chi connectivity index (χ0) is 15.6. The molecule has 1 nitrogen and oxygen atoms in total. The molecule has 2 unspecified atom stereocenters. The standard InChI is InChI=1S/C20H33N/c1-7-21-13-12-19(20(4,5)6)18(14-21)17-11-9-8-10-16(17)15(2)3/h8-11,15,18-19H,7,12-14H2,1-6H3. The highest BCUT2D eigenvalue weighted by Gasteiger charge is 2.37. The van der Waals surface area contributed by atoms with Gasteiger partial charge < -0.3 is 4.90 Å². The molecule has 1 aromatic carbocycles. The average molecular weight is 287 g/mol. The van der Waals surface area contributed by atoms with Gasteiger partial charge in [-0.1, -0.05) is 65.8 Å². The van der Waals surface area contributed by atoms with Crippen LogP contribution in [0.5, 0.6) is 0 Å². The van der Waals surface area contributed by atoms with E-state index in [1.807, 2.05) is 0 Å². The first-order valence-electron chi connectivity index (χ1n) is 8.65. The van der Waals surface area contributed by atoms with Crippen molar-refractivity contribution in [2.75, 3.05) is 19.6 Å². The Morgan fingerprint density at radius 3 is 2.43 bits per heavy atom. The fraction of sp³-hybridized carbons (Fsp3) is 0.700. The van der Waals surface area contributed by atoms with Crippen molar-refractivity contribution >= 4 is 0 Å². The zero-order valence-corrected chi connectivity index (χ0v) is 14.8. The van der Waals surface area contributed by atoms with Crippen molar-refractivity contribution in [1.29, 1.82) is 0 Å². The van der Waals surface area contributed by atoms with Crippen molar-refractivity contribution in [3.05, 3.63) is 35.4 Å². The first-order valence-corrected chi connectivity index (χ1v) is 8.65. The zero-order valence-electron chi connectivity index (χ0n) is 14.8. The van der Waals surface area contributed by atoms with Gasteiger partial charge in [-0.2, -0.15) is 0 Å². The van der Waals surface area contributed by atoms with Crippen LogP contribution in [0, 0.1) is 11.3 Å². The van der Waals surface area contributed by atoms with Gasteiger partial charge in [-0.3, -0.25) is 0 Å². The van der Waals surface area contributed by atoms with Gasteiger partial charge in [-0.25, -0.2) is 0 Å². The largest absolute Gasteiger partial charge is 0.303 e. The number of hydrogen-bond acceptors (Lipinski definition) is 1. The van der Waals surface area contributed by atoms with E-state index in [4.69, 9.17) is 0 Å². The van der Waals surface area contributed by atoms with Crippen LogP contribution in [0.3, 0.4) is 0 Å². The monoisotopic (exact) mass is 287 g/mol. The van der Waals surface area contributed by atoms with E-state index in [0.29, 0.717) is 17.3 Å². The topological polar surface area (TPSA) is 3.24 Å². The van der Waals surface area contributed by atoms with Crippen LogP contribution in [0.15, 0.2) is 24.3 Å². The molecule has 0 saturated carbocycles. The van der Waals surface area contributed by atoms with Gasteiger partial charge in [0, 0.05) is 12.5 Å². The Kier molecular flexibility index (Phi) is 5.14. The Labute approximate surface area is 131 Å². The summed E-state index contributed by atoms with van der Waals surface area (Å²) in [5, 5.41) is 0. The molecular weight excluding hydrogens is 254 g/mol.